The normalized spacial score (nSPS) is 20.5. The number of hydrogen-bond donors (Lipinski definition) is 1. The van der Waals surface area contributed by atoms with Crippen LogP contribution in [0.3, 0.4) is 0 Å². The van der Waals surface area contributed by atoms with Gasteiger partial charge in [-0.05, 0) is 60.7 Å². The van der Waals surface area contributed by atoms with Gasteiger partial charge in [-0.2, -0.15) is 0 Å². The Labute approximate surface area is 194 Å². The number of hydrogen-bond acceptors (Lipinski definition) is 5. The molecule has 1 heterocycles. The second-order valence-corrected chi connectivity index (χ2v) is 8.89. The first kappa shape index (κ1) is 22.6. The van der Waals surface area contributed by atoms with Gasteiger partial charge in [0.2, 0.25) is 0 Å². The van der Waals surface area contributed by atoms with E-state index in [4.69, 9.17) is 4.74 Å². The summed E-state index contributed by atoms with van der Waals surface area (Å²) in [5, 5.41) is 9.53. The Morgan fingerprint density at radius 2 is 1.45 bits per heavy atom. The van der Waals surface area contributed by atoms with E-state index in [2.05, 4.69) is 0 Å². The van der Waals surface area contributed by atoms with Gasteiger partial charge in [-0.1, -0.05) is 62.4 Å². The van der Waals surface area contributed by atoms with Crippen LogP contribution >= 0.6 is 0 Å². The maximum Gasteiger partial charge on any atom is 0.337 e. The smallest absolute Gasteiger partial charge is 0.337 e. The van der Waals surface area contributed by atoms with Crippen molar-refractivity contribution in [3.05, 3.63) is 90.5 Å². The van der Waals surface area contributed by atoms with E-state index in [1.54, 1.807) is 17.0 Å². The molecule has 5 heteroatoms. The molecule has 4 rings (SSSR count). The molecule has 0 saturated carbocycles. The van der Waals surface area contributed by atoms with Crippen LogP contribution < -0.4 is 4.90 Å². The third-order valence-corrected chi connectivity index (χ3v) is 6.46. The van der Waals surface area contributed by atoms with Crippen LogP contribution in [-0.2, 0) is 20.7 Å². The maximum absolute atomic E-state index is 13.6. The average molecular weight is 444 g/mol. The number of carbonyl (C=O) groups excluding carboxylic acids is 2. The molecule has 1 N–H and O–H groups in total. The zero-order valence-electron chi connectivity index (χ0n) is 19.0. The van der Waals surface area contributed by atoms with Crippen molar-refractivity contribution >= 4 is 23.1 Å². The highest BCUT2D eigenvalue weighted by Crippen LogP contribution is 2.39. The topological polar surface area (TPSA) is 66.8 Å². The second-order valence-electron chi connectivity index (χ2n) is 8.89. The molecule has 0 spiro atoms. The number of ether oxygens (including phenoxy) is 1. The summed E-state index contributed by atoms with van der Waals surface area (Å²) in [6.07, 6.45) is 1.34. The molecule has 2 unspecified atom stereocenters. The lowest BCUT2D eigenvalue weighted by Crippen LogP contribution is -2.58. The fourth-order valence-corrected chi connectivity index (χ4v) is 4.46. The van der Waals surface area contributed by atoms with E-state index in [9.17, 15) is 14.7 Å². The third-order valence-electron chi connectivity index (χ3n) is 6.46. The van der Waals surface area contributed by atoms with Gasteiger partial charge in [-0.3, -0.25) is 4.79 Å². The van der Waals surface area contributed by atoms with E-state index in [0.29, 0.717) is 12.8 Å². The molecule has 3 aromatic carbocycles. The molecule has 0 bridgehead atoms. The van der Waals surface area contributed by atoms with Gasteiger partial charge in [0.05, 0.1) is 0 Å². The molecule has 1 aliphatic heterocycles. The molecule has 170 valence electrons. The van der Waals surface area contributed by atoms with Crippen LogP contribution in [0.5, 0.6) is 5.75 Å². The maximum atomic E-state index is 13.6. The lowest BCUT2D eigenvalue weighted by molar-refractivity contribution is -0.179. The fraction of sp³-hybridized carbons (Fsp3) is 0.286. The van der Waals surface area contributed by atoms with Crippen LogP contribution in [-0.4, -0.2) is 28.5 Å². The van der Waals surface area contributed by atoms with Crippen LogP contribution in [0.15, 0.2) is 84.9 Å². The summed E-state index contributed by atoms with van der Waals surface area (Å²) in [6.45, 7) is 3.98. The van der Waals surface area contributed by atoms with Crippen molar-refractivity contribution < 1.29 is 19.4 Å². The van der Waals surface area contributed by atoms with E-state index < -0.39 is 17.6 Å². The number of cyclic esters (lactones) is 1. The lowest BCUT2D eigenvalue weighted by Gasteiger charge is -2.44. The quantitative estimate of drug-likeness (QED) is 0.389. The number of phenolic OH excluding ortho intramolecular Hbond substituents is 1. The van der Waals surface area contributed by atoms with Gasteiger partial charge in [0.1, 0.15) is 11.4 Å². The molecule has 1 fully saturated rings. The van der Waals surface area contributed by atoms with Gasteiger partial charge >= 0.3 is 5.97 Å². The number of nitrogens with zero attached hydrogens (tertiary/aromatic N) is 1. The van der Waals surface area contributed by atoms with Crippen LogP contribution in [0, 0.1) is 5.92 Å². The van der Waals surface area contributed by atoms with Gasteiger partial charge in [0, 0.05) is 17.8 Å². The van der Waals surface area contributed by atoms with Crippen molar-refractivity contribution in [3.8, 4) is 5.75 Å². The summed E-state index contributed by atoms with van der Waals surface area (Å²) in [5.41, 5.74) is 1.69. The summed E-state index contributed by atoms with van der Waals surface area (Å²) < 4.78 is 6.14. The average Bonchev–Trinajstić information content (AvgIpc) is 2.82. The van der Waals surface area contributed by atoms with Crippen molar-refractivity contribution in [3.63, 3.8) is 0 Å². The van der Waals surface area contributed by atoms with E-state index in [1.165, 1.54) is 0 Å². The molecule has 0 radical (unpaired) electrons. The molecule has 0 aromatic heterocycles. The number of aromatic hydroxyl groups is 1. The standard InChI is InChI=1S/C28H29NO4/c1-20(2)28(18-17-21-13-15-24(30)16-14-21)19-25(31)26(27(32)33-28)29(22-9-5-3-6-10-22)23-11-7-4-8-12-23/h3-16,20,26,30H,17-19H2,1-2H3. The molecule has 33 heavy (non-hydrogen) atoms. The minimum Gasteiger partial charge on any atom is -0.508 e. The molecule has 1 saturated heterocycles. The number of ketones is 1. The van der Waals surface area contributed by atoms with Gasteiger partial charge in [-0.15, -0.1) is 0 Å². The molecule has 3 aromatic rings. The minimum absolute atomic E-state index is 0.0228. The first-order valence-corrected chi connectivity index (χ1v) is 11.3. The van der Waals surface area contributed by atoms with Crippen LogP contribution in [0.25, 0.3) is 0 Å². The van der Waals surface area contributed by atoms with Gasteiger partial charge < -0.3 is 14.7 Å². The van der Waals surface area contributed by atoms with Crippen molar-refractivity contribution in [2.45, 2.75) is 44.8 Å². The van der Waals surface area contributed by atoms with Crippen molar-refractivity contribution in [2.24, 2.45) is 5.92 Å². The number of rotatable bonds is 7. The first-order valence-electron chi connectivity index (χ1n) is 11.3. The molecule has 5 nitrogen and oxygen atoms in total. The Morgan fingerprint density at radius 1 is 0.909 bits per heavy atom. The second kappa shape index (κ2) is 9.49. The van der Waals surface area contributed by atoms with Crippen LogP contribution in [0.4, 0.5) is 11.4 Å². The Morgan fingerprint density at radius 3 is 1.94 bits per heavy atom. The summed E-state index contributed by atoms with van der Waals surface area (Å²) in [7, 11) is 0. The highest BCUT2D eigenvalue weighted by atomic mass is 16.6. The Bertz CT molecular complexity index is 1040. The molecule has 1 aliphatic rings. The summed E-state index contributed by atoms with van der Waals surface area (Å²) in [6, 6.07) is 24.9. The number of aryl methyl sites for hydroxylation is 1. The Balaban J connectivity index is 1.62. The van der Waals surface area contributed by atoms with E-state index in [1.807, 2.05) is 86.6 Å². The monoisotopic (exact) mass is 443 g/mol. The number of benzene rings is 3. The molecule has 0 aliphatic carbocycles. The Hall–Kier alpha value is -3.60. The van der Waals surface area contributed by atoms with E-state index >= 15 is 0 Å². The summed E-state index contributed by atoms with van der Waals surface area (Å²) >= 11 is 0. The van der Waals surface area contributed by atoms with Crippen LogP contribution in [0.2, 0.25) is 0 Å². The minimum atomic E-state index is -1.03. The van der Waals surface area contributed by atoms with Gasteiger partial charge in [0.15, 0.2) is 11.8 Å². The van der Waals surface area contributed by atoms with Crippen molar-refractivity contribution in [1.82, 2.24) is 0 Å². The summed E-state index contributed by atoms with van der Waals surface area (Å²) in [5.74, 6) is -0.469. The number of para-hydroxylation sites is 2. The number of phenols is 1. The zero-order chi connectivity index (χ0) is 23.4. The largest absolute Gasteiger partial charge is 0.508 e. The molecule has 2 atom stereocenters. The number of esters is 1. The predicted octanol–water partition coefficient (Wildman–Crippen LogP) is 5.44. The Kier molecular flexibility index (Phi) is 6.50. The third kappa shape index (κ3) is 4.77. The van der Waals surface area contributed by atoms with Crippen molar-refractivity contribution in [2.75, 3.05) is 4.90 Å². The van der Waals surface area contributed by atoms with E-state index in [-0.39, 0.29) is 23.9 Å². The van der Waals surface area contributed by atoms with Gasteiger partial charge in [-0.25, -0.2) is 4.79 Å². The highest BCUT2D eigenvalue weighted by Gasteiger charge is 2.50. The fourth-order valence-electron chi connectivity index (χ4n) is 4.46. The van der Waals surface area contributed by atoms with E-state index in [0.717, 1.165) is 16.9 Å². The van der Waals surface area contributed by atoms with Gasteiger partial charge in [0.25, 0.3) is 0 Å². The van der Waals surface area contributed by atoms with Crippen molar-refractivity contribution in [1.29, 1.82) is 0 Å². The van der Waals surface area contributed by atoms with Crippen LogP contribution in [0.1, 0.15) is 32.3 Å². The number of Topliss-reactive ketones (excluding diaryl/α,β-unsaturated/α-hetero) is 1. The predicted molar refractivity (Wildman–Crippen MR) is 129 cm³/mol. The molecular weight excluding hydrogens is 414 g/mol. The highest BCUT2D eigenvalue weighted by molar-refractivity contribution is 6.09. The zero-order valence-corrected chi connectivity index (χ0v) is 19.0. The lowest BCUT2D eigenvalue weighted by atomic mass is 9.77. The number of anilines is 2. The first-order chi connectivity index (χ1) is 15.9. The molecule has 0 amide bonds. The molecular formula is C28H29NO4. The number of carbonyl (C=O) groups is 2. The summed E-state index contributed by atoms with van der Waals surface area (Å²) in [4.78, 5) is 28.8. The SMILES string of the molecule is CC(C)C1(CCc2ccc(O)cc2)CC(=O)C(N(c2ccccc2)c2ccccc2)C(=O)O1.